The van der Waals surface area contributed by atoms with Gasteiger partial charge in [-0.3, -0.25) is 14.9 Å². The van der Waals surface area contributed by atoms with E-state index < -0.39 is 4.92 Å². The lowest BCUT2D eigenvalue weighted by Gasteiger charge is -2.59. The first-order valence-corrected chi connectivity index (χ1v) is 11.8. The van der Waals surface area contributed by atoms with Crippen LogP contribution in [0.15, 0.2) is 29.4 Å². The summed E-state index contributed by atoms with van der Waals surface area (Å²) in [4.78, 5) is 28.6. The first kappa shape index (κ1) is 20.7. The highest BCUT2D eigenvalue weighted by Gasteiger charge is 2.60. The number of non-ortho nitro benzene ring substituents is 1. The molecule has 4 aliphatic rings. The topological polar surface area (TPSA) is 81.8 Å². The van der Waals surface area contributed by atoms with Crippen molar-refractivity contribution in [1.82, 2.24) is 0 Å². The number of Topliss-reactive ketones (excluding diaryl/α,β-unsaturated/α-hetero) is 1. The van der Waals surface area contributed by atoms with Gasteiger partial charge in [0.25, 0.3) is 5.69 Å². The van der Waals surface area contributed by atoms with Crippen LogP contribution in [0.5, 0.6) is 5.75 Å². The summed E-state index contributed by atoms with van der Waals surface area (Å²) in [7, 11) is 0. The molecule has 4 saturated carbocycles. The molecule has 0 unspecified atom stereocenters. The molecule has 1 aromatic carbocycles. The summed E-state index contributed by atoms with van der Waals surface area (Å²) in [5.41, 5.74) is 1.45. The number of hydrogen-bond donors (Lipinski definition) is 0. The standard InChI is InChI=1S/C25H32N2O4/c1-24-13-11-17(26-31-19-6-4-18(5-7-19)27(29)30)15-16(24)3-8-20-21-9-10-23(28)25(21,2)14-12-22(20)24/h4-7,16,20-22H,3,8-15H2,1-2H3/b26-17-/t16-,20-,21-,22-,24-,25-/m0/s1. The number of oxime groups is 1. The van der Waals surface area contributed by atoms with Gasteiger partial charge in [-0.2, -0.15) is 0 Å². The number of nitro groups is 1. The summed E-state index contributed by atoms with van der Waals surface area (Å²) in [6, 6.07) is 6.09. The molecule has 4 aliphatic carbocycles. The molecule has 0 saturated heterocycles. The third-order valence-corrected chi connectivity index (χ3v) is 9.54. The Kier molecular flexibility index (Phi) is 4.94. The van der Waals surface area contributed by atoms with E-state index in [-0.39, 0.29) is 11.1 Å². The lowest BCUT2D eigenvalue weighted by Crippen LogP contribution is -2.53. The van der Waals surface area contributed by atoms with E-state index in [0.717, 1.165) is 50.2 Å². The zero-order valence-corrected chi connectivity index (χ0v) is 18.5. The number of nitrogens with zero attached hydrogens (tertiary/aromatic N) is 2. The molecule has 0 heterocycles. The maximum absolute atomic E-state index is 12.6. The van der Waals surface area contributed by atoms with Gasteiger partial charge >= 0.3 is 0 Å². The second-order valence-corrected chi connectivity index (χ2v) is 10.8. The maximum atomic E-state index is 12.6. The van der Waals surface area contributed by atoms with Gasteiger partial charge in [-0.05, 0) is 92.6 Å². The van der Waals surface area contributed by atoms with Gasteiger partial charge in [0, 0.05) is 24.0 Å². The quantitative estimate of drug-likeness (QED) is 0.444. The highest BCUT2D eigenvalue weighted by molar-refractivity contribution is 5.87. The normalized spacial score (nSPS) is 40.7. The number of fused-ring (bicyclic) bond motifs is 5. The van der Waals surface area contributed by atoms with Gasteiger partial charge < -0.3 is 4.84 Å². The lowest BCUT2D eigenvalue weighted by molar-refractivity contribution is -0.384. The van der Waals surface area contributed by atoms with Crippen molar-refractivity contribution >= 4 is 17.2 Å². The Morgan fingerprint density at radius 1 is 1.03 bits per heavy atom. The molecule has 0 aliphatic heterocycles. The van der Waals surface area contributed by atoms with E-state index in [4.69, 9.17) is 4.84 Å². The zero-order valence-electron chi connectivity index (χ0n) is 18.5. The molecule has 5 rings (SSSR count). The van der Waals surface area contributed by atoms with E-state index in [1.807, 2.05) is 0 Å². The van der Waals surface area contributed by atoms with E-state index in [1.165, 1.54) is 31.4 Å². The van der Waals surface area contributed by atoms with Crippen molar-refractivity contribution in [3.63, 3.8) is 0 Å². The van der Waals surface area contributed by atoms with Crippen LogP contribution in [0.1, 0.15) is 71.6 Å². The number of hydrogen-bond acceptors (Lipinski definition) is 5. The number of carbonyl (C=O) groups excluding carboxylic acids is 1. The second-order valence-electron chi connectivity index (χ2n) is 10.8. The van der Waals surface area contributed by atoms with Crippen molar-refractivity contribution in [3.05, 3.63) is 34.4 Å². The molecule has 1 aromatic rings. The van der Waals surface area contributed by atoms with Crippen molar-refractivity contribution < 1.29 is 14.6 Å². The Bertz CT molecular complexity index is 926. The van der Waals surface area contributed by atoms with Crippen molar-refractivity contribution in [2.24, 2.45) is 39.7 Å². The molecule has 0 amide bonds. The van der Waals surface area contributed by atoms with Crippen LogP contribution in [0.3, 0.4) is 0 Å². The Balaban J connectivity index is 1.27. The SMILES string of the molecule is C[C@]12CC/C(=N/Oc3ccc([N+](=O)[O-])cc3)C[C@@H]1CC[C@@H]1[C@@H]2CC[C@]2(C)C(=O)CC[C@@H]12. The summed E-state index contributed by atoms with van der Waals surface area (Å²) in [6.07, 6.45) is 9.70. The molecule has 0 radical (unpaired) electrons. The predicted octanol–water partition coefficient (Wildman–Crippen LogP) is 5.94. The second kappa shape index (κ2) is 7.42. The van der Waals surface area contributed by atoms with Gasteiger partial charge in [0.15, 0.2) is 5.75 Å². The van der Waals surface area contributed by atoms with Crippen molar-refractivity contribution in [2.75, 3.05) is 0 Å². The minimum atomic E-state index is -0.413. The third kappa shape index (κ3) is 3.30. The number of benzene rings is 1. The van der Waals surface area contributed by atoms with E-state index in [0.29, 0.717) is 34.7 Å². The molecule has 6 nitrogen and oxygen atoms in total. The lowest BCUT2D eigenvalue weighted by atomic mass is 9.45. The van der Waals surface area contributed by atoms with Crippen molar-refractivity contribution in [2.45, 2.75) is 71.6 Å². The number of rotatable bonds is 3. The van der Waals surface area contributed by atoms with Gasteiger partial charge in [0.05, 0.1) is 10.6 Å². The Morgan fingerprint density at radius 2 is 1.81 bits per heavy atom. The van der Waals surface area contributed by atoms with E-state index >= 15 is 0 Å². The van der Waals surface area contributed by atoms with Crippen LogP contribution in [-0.4, -0.2) is 16.4 Å². The monoisotopic (exact) mass is 424 g/mol. The van der Waals surface area contributed by atoms with E-state index in [9.17, 15) is 14.9 Å². The van der Waals surface area contributed by atoms with Gasteiger partial charge in [-0.1, -0.05) is 19.0 Å². The van der Waals surface area contributed by atoms with Crippen molar-refractivity contribution in [3.8, 4) is 5.75 Å². The largest absolute Gasteiger partial charge is 0.357 e. The molecule has 6 atom stereocenters. The summed E-state index contributed by atoms with van der Waals surface area (Å²) in [6.45, 7) is 4.75. The molecule has 31 heavy (non-hydrogen) atoms. The van der Waals surface area contributed by atoms with Gasteiger partial charge in [-0.15, -0.1) is 0 Å². The minimum absolute atomic E-state index is 0.0513. The van der Waals surface area contributed by atoms with Crippen molar-refractivity contribution in [1.29, 1.82) is 0 Å². The Labute approximate surface area is 183 Å². The van der Waals surface area contributed by atoms with Gasteiger partial charge in [-0.25, -0.2) is 0 Å². The molecule has 0 spiro atoms. The average molecular weight is 425 g/mol. The molecule has 166 valence electrons. The highest BCUT2D eigenvalue weighted by Crippen LogP contribution is 2.65. The smallest absolute Gasteiger partial charge is 0.269 e. The summed E-state index contributed by atoms with van der Waals surface area (Å²) >= 11 is 0. The summed E-state index contributed by atoms with van der Waals surface area (Å²) in [5.74, 6) is 3.71. The first-order chi connectivity index (χ1) is 14.8. The van der Waals surface area contributed by atoms with Crippen LogP contribution < -0.4 is 4.84 Å². The molecular formula is C25H32N2O4. The average Bonchev–Trinajstić information content (AvgIpc) is 3.07. The molecular weight excluding hydrogens is 392 g/mol. The van der Waals surface area contributed by atoms with Crippen LogP contribution in [0.25, 0.3) is 0 Å². The first-order valence-electron chi connectivity index (χ1n) is 11.8. The van der Waals surface area contributed by atoms with Gasteiger partial charge in [0.2, 0.25) is 0 Å². The van der Waals surface area contributed by atoms with E-state index in [2.05, 4.69) is 19.0 Å². The van der Waals surface area contributed by atoms with Crippen LogP contribution in [-0.2, 0) is 4.79 Å². The fourth-order valence-corrected chi connectivity index (χ4v) is 7.66. The number of ketones is 1. The molecule has 4 fully saturated rings. The van der Waals surface area contributed by atoms with E-state index in [1.54, 1.807) is 12.1 Å². The molecule has 6 heteroatoms. The van der Waals surface area contributed by atoms with Crippen LogP contribution >= 0.6 is 0 Å². The molecule has 0 N–H and O–H groups in total. The summed E-state index contributed by atoms with van der Waals surface area (Å²) in [5, 5.41) is 15.2. The maximum Gasteiger partial charge on any atom is 0.269 e. The molecule has 0 bridgehead atoms. The zero-order chi connectivity index (χ0) is 21.8. The minimum Gasteiger partial charge on any atom is -0.357 e. The fourth-order valence-electron chi connectivity index (χ4n) is 7.66. The number of carbonyl (C=O) groups is 1. The van der Waals surface area contributed by atoms with Crippen LogP contribution in [0.2, 0.25) is 0 Å². The Morgan fingerprint density at radius 3 is 2.55 bits per heavy atom. The van der Waals surface area contributed by atoms with Gasteiger partial charge in [0.1, 0.15) is 5.78 Å². The van der Waals surface area contributed by atoms with Crippen LogP contribution in [0.4, 0.5) is 5.69 Å². The summed E-state index contributed by atoms with van der Waals surface area (Å²) < 4.78 is 0. The fraction of sp³-hybridized carbons (Fsp3) is 0.680. The third-order valence-electron chi connectivity index (χ3n) is 9.54. The number of nitro benzene ring substituents is 1. The molecule has 0 aromatic heterocycles. The highest BCUT2D eigenvalue weighted by atomic mass is 16.6. The predicted molar refractivity (Wildman–Crippen MR) is 118 cm³/mol. The van der Waals surface area contributed by atoms with Crippen LogP contribution in [0, 0.1) is 44.6 Å². The Hall–Kier alpha value is -2.24.